The second-order valence-corrected chi connectivity index (χ2v) is 8.13. The van der Waals surface area contributed by atoms with Gasteiger partial charge in [0.1, 0.15) is 16.5 Å². The van der Waals surface area contributed by atoms with Crippen molar-refractivity contribution in [2.45, 2.75) is 30.1 Å². The number of aromatic nitrogens is 2. The van der Waals surface area contributed by atoms with Crippen molar-refractivity contribution < 1.29 is 14.3 Å². The fourth-order valence-corrected chi connectivity index (χ4v) is 4.73. The van der Waals surface area contributed by atoms with Crippen LogP contribution in [0.2, 0.25) is 0 Å². The minimum absolute atomic E-state index is 0.0225. The highest BCUT2D eigenvalue weighted by atomic mass is 32.2. The molecule has 1 amide bonds. The Labute approximate surface area is 155 Å². The first kappa shape index (κ1) is 18.0. The number of amides is 1. The molecule has 1 aromatic carbocycles. The van der Waals surface area contributed by atoms with Crippen molar-refractivity contribution in [1.82, 2.24) is 15.1 Å². The molecule has 8 heteroatoms. The molecule has 0 spiro atoms. The predicted octanol–water partition coefficient (Wildman–Crippen LogP) is 3.32. The maximum atomic E-state index is 12.8. The van der Waals surface area contributed by atoms with Crippen molar-refractivity contribution in [1.29, 1.82) is 0 Å². The molecule has 1 aromatic heterocycles. The highest BCUT2D eigenvalue weighted by Crippen LogP contribution is 2.39. The lowest BCUT2D eigenvalue weighted by atomic mass is 10.0. The van der Waals surface area contributed by atoms with Gasteiger partial charge in [-0.15, -0.1) is 10.2 Å². The van der Waals surface area contributed by atoms with E-state index < -0.39 is 0 Å². The first-order valence-electron chi connectivity index (χ1n) is 8.06. The van der Waals surface area contributed by atoms with E-state index in [4.69, 9.17) is 9.47 Å². The van der Waals surface area contributed by atoms with Crippen LogP contribution in [0, 0.1) is 6.92 Å². The average Bonchev–Trinajstić information content (AvgIpc) is 3.28. The smallest absolute Gasteiger partial charge is 0.233 e. The van der Waals surface area contributed by atoms with Gasteiger partial charge >= 0.3 is 0 Å². The molecule has 0 N–H and O–H groups in total. The fourth-order valence-electron chi connectivity index (χ4n) is 3.03. The minimum Gasteiger partial charge on any atom is -0.497 e. The Morgan fingerprint density at radius 1 is 1.36 bits per heavy atom. The van der Waals surface area contributed by atoms with Gasteiger partial charge in [-0.3, -0.25) is 4.79 Å². The van der Waals surface area contributed by atoms with Crippen molar-refractivity contribution in [3.05, 3.63) is 28.8 Å². The monoisotopic (exact) mass is 379 g/mol. The molecule has 2 aromatic rings. The minimum atomic E-state index is 0.0225. The van der Waals surface area contributed by atoms with Crippen molar-refractivity contribution >= 4 is 29.0 Å². The molecule has 6 nitrogen and oxygen atoms in total. The number of hydrogen-bond donors (Lipinski definition) is 0. The highest BCUT2D eigenvalue weighted by Gasteiger charge is 2.32. The maximum absolute atomic E-state index is 12.8. The molecule has 0 saturated carbocycles. The van der Waals surface area contributed by atoms with Crippen LogP contribution in [0.15, 0.2) is 22.5 Å². The summed E-state index contributed by atoms with van der Waals surface area (Å²) in [5, 5.41) is 8.97. The van der Waals surface area contributed by atoms with Crippen LogP contribution in [-0.2, 0) is 4.79 Å². The molecule has 1 unspecified atom stereocenters. The summed E-state index contributed by atoms with van der Waals surface area (Å²) in [6.45, 7) is 2.68. The Morgan fingerprint density at radius 2 is 2.20 bits per heavy atom. The van der Waals surface area contributed by atoms with Gasteiger partial charge in [0.15, 0.2) is 4.34 Å². The molecule has 2 heterocycles. The van der Waals surface area contributed by atoms with Crippen LogP contribution in [0.4, 0.5) is 0 Å². The van der Waals surface area contributed by atoms with Crippen molar-refractivity contribution in [3.8, 4) is 11.5 Å². The van der Waals surface area contributed by atoms with E-state index in [-0.39, 0.29) is 11.9 Å². The largest absolute Gasteiger partial charge is 0.497 e. The van der Waals surface area contributed by atoms with Gasteiger partial charge in [-0.05, 0) is 38.0 Å². The number of benzene rings is 1. The first-order chi connectivity index (χ1) is 12.1. The fraction of sp³-hybridized carbons (Fsp3) is 0.471. The van der Waals surface area contributed by atoms with E-state index in [9.17, 15) is 4.79 Å². The second-order valence-electron chi connectivity index (χ2n) is 5.73. The summed E-state index contributed by atoms with van der Waals surface area (Å²) in [7, 11) is 3.30. The van der Waals surface area contributed by atoms with E-state index in [2.05, 4.69) is 10.2 Å². The zero-order valence-corrected chi connectivity index (χ0v) is 16.2. The summed E-state index contributed by atoms with van der Waals surface area (Å²) in [6.07, 6.45) is 1.91. The van der Waals surface area contributed by atoms with Crippen molar-refractivity contribution in [2.75, 3.05) is 26.5 Å². The summed E-state index contributed by atoms with van der Waals surface area (Å²) in [6, 6.07) is 5.76. The van der Waals surface area contributed by atoms with Gasteiger partial charge in [-0.1, -0.05) is 23.1 Å². The van der Waals surface area contributed by atoms with Crippen LogP contribution >= 0.6 is 23.1 Å². The molecule has 1 atom stereocenters. The number of hydrogen-bond acceptors (Lipinski definition) is 7. The Bertz CT molecular complexity index is 750. The molecule has 1 aliphatic rings. The van der Waals surface area contributed by atoms with E-state index in [0.29, 0.717) is 5.75 Å². The Hall–Kier alpha value is -1.80. The van der Waals surface area contributed by atoms with Crippen molar-refractivity contribution in [2.24, 2.45) is 0 Å². The molecule has 1 aliphatic heterocycles. The van der Waals surface area contributed by atoms with Gasteiger partial charge in [-0.25, -0.2) is 0 Å². The number of carbonyl (C=O) groups is 1. The summed E-state index contributed by atoms with van der Waals surface area (Å²) in [4.78, 5) is 14.7. The third kappa shape index (κ3) is 4.07. The lowest BCUT2D eigenvalue weighted by molar-refractivity contribution is -0.129. The third-order valence-corrected chi connectivity index (χ3v) is 6.15. The van der Waals surface area contributed by atoms with Crippen molar-refractivity contribution in [3.63, 3.8) is 0 Å². The molecule has 1 fully saturated rings. The van der Waals surface area contributed by atoms with Gasteiger partial charge in [0.05, 0.1) is 26.0 Å². The maximum Gasteiger partial charge on any atom is 0.233 e. The number of ether oxygens (including phenoxy) is 2. The Kier molecular flexibility index (Phi) is 5.80. The topological polar surface area (TPSA) is 64.6 Å². The molecule has 134 valence electrons. The predicted molar refractivity (Wildman–Crippen MR) is 98.6 cm³/mol. The van der Waals surface area contributed by atoms with Gasteiger partial charge in [0.2, 0.25) is 5.91 Å². The van der Waals surface area contributed by atoms with E-state index in [1.54, 1.807) is 14.2 Å². The van der Waals surface area contributed by atoms with E-state index >= 15 is 0 Å². The lowest BCUT2D eigenvalue weighted by Crippen LogP contribution is -2.32. The number of methoxy groups -OCH3 is 2. The van der Waals surface area contributed by atoms with E-state index in [0.717, 1.165) is 45.8 Å². The molecule has 25 heavy (non-hydrogen) atoms. The Morgan fingerprint density at radius 3 is 2.88 bits per heavy atom. The number of likely N-dealkylation sites (tertiary alicyclic amines) is 1. The van der Waals surface area contributed by atoms with Gasteiger partial charge < -0.3 is 14.4 Å². The molecule has 0 bridgehead atoms. The average molecular weight is 380 g/mol. The SMILES string of the molecule is COc1ccc(OC)c(C2CCCN2C(=O)CSc2nnc(C)s2)c1. The van der Waals surface area contributed by atoms with Gasteiger partial charge in [0.25, 0.3) is 0 Å². The van der Waals surface area contributed by atoms with E-state index in [1.165, 1.54) is 23.1 Å². The van der Waals surface area contributed by atoms with E-state index in [1.807, 2.05) is 30.0 Å². The summed E-state index contributed by atoms with van der Waals surface area (Å²) < 4.78 is 11.7. The first-order valence-corrected chi connectivity index (χ1v) is 9.87. The van der Waals surface area contributed by atoms with Gasteiger partial charge in [-0.2, -0.15) is 0 Å². The zero-order valence-electron chi connectivity index (χ0n) is 14.5. The second kappa shape index (κ2) is 8.05. The standard InChI is InChI=1S/C17H21N3O3S2/c1-11-18-19-17(25-11)24-10-16(21)20-8-4-5-14(20)13-9-12(22-2)6-7-15(13)23-3/h6-7,9,14H,4-5,8,10H2,1-3H3. The third-order valence-electron chi connectivity index (χ3n) is 4.20. The number of nitrogens with zero attached hydrogens (tertiary/aromatic N) is 3. The molecular formula is C17H21N3O3S2. The molecule has 0 radical (unpaired) electrons. The van der Waals surface area contributed by atoms with Crippen LogP contribution in [-0.4, -0.2) is 47.5 Å². The summed E-state index contributed by atoms with van der Waals surface area (Å²) in [5.74, 6) is 2.05. The number of thioether (sulfide) groups is 1. The highest BCUT2D eigenvalue weighted by molar-refractivity contribution is 8.01. The normalized spacial score (nSPS) is 16.9. The molecule has 0 aliphatic carbocycles. The Balaban J connectivity index is 1.74. The lowest BCUT2D eigenvalue weighted by Gasteiger charge is -2.26. The van der Waals surface area contributed by atoms with Crippen LogP contribution in [0.1, 0.15) is 29.5 Å². The molecule has 1 saturated heterocycles. The summed E-state index contributed by atoms with van der Waals surface area (Å²) >= 11 is 2.96. The van der Waals surface area contributed by atoms with Crippen LogP contribution in [0.5, 0.6) is 11.5 Å². The zero-order chi connectivity index (χ0) is 17.8. The molecular weight excluding hydrogens is 358 g/mol. The van der Waals surface area contributed by atoms with Crippen LogP contribution in [0.3, 0.4) is 0 Å². The van der Waals surface area contributed by atoms with Crippen LogP contribution < -0.4 is 9.47 Å². The van der Waals surface area contributed by atoms with Crippen LogP contribution in [0.25, 0.3) is 0 Å². The number of carbonyl (C=O) groups excluding carboxylic acids is 1. The number of aryl methyl sites for hydroxylation is 1. The molecule has 3 rings (SSSR count). The van der Waals surface area contributed by atoms with Gasteiger partial charge in [0, 0.05) is 12.1 Å². The number of rotatable bonds is 6. The summed E-state index contributed by atoms with van der Waals surface area (Å²) in [5.41, 5.74) is 1.00. The quantitative estimate of drug-likeness (QED) is 0.718.